The van der Waals surface area contributed by atoms with Crippen molar-refractivity contribution >= 4 is 29.2 Å². The Morgan fingerprint density at radius 1 is 1.04 bits per heavy atom. The van der Waals surface area contributed by atoms with Crippen LogP contribution in [0.2, 0.25) is 0 Å². The minimum absolute atomic E-state index is 0.0375. The van der Waals surface area contributed by atoms with Crippen LogP contribution in [0.5, 0.6) is 5.75 Å². The summed E-state index contributed by atoms with van der Waals surface area (Å²) in [4.78, 5) is 23.1. The maximum absolute atomic E-state index is 12.3. The van der Waals surface area contributed by atoms with E-state index >= 15 is 0 Å². The Morgan fingerprint density at radius 3 is 2.46 bits per heavy atom. The fourth-order valence-corrected chi connectivity index (χ4v) is 2.41. The quantitative estimate of drug-likeness (QED) is 0.341. The van der Waals surface area contributed by atoms with Crippen LogP contribution >= 0.6 is 0 Å². The van der Waals surface area contributed by atoms with Gasteiger partial charge >= 0.3 is 0 Å². The van der Waals surface area contributed by atoms with Crippen molar-refractivity contribution < 1.29 is 14.8 Å². The Hall–Kier alpha value is -4.20. The van der Waals surface area contributed by atoms with Gasteiger partial charge in [0.05, 0.1) is 11.1 Å². The molecule has 0 aliphatic heterocycles. The molecule has 3 aromatic carbocycles. The predicted molar refractivity (Wildman–Crippen MR) is 107 cm³/mol. The van der Waals surface area contributed by atoms with Crippen LogP contribution in [0, 0.1) is 10.1 Å². The van der Waals surface area contributed by atoms with Gasteiger partial charge in [-0.3, -0.25) is 20.3 Å². The standard InChI is InChI=1S/C20H16N4O4/c25-19-9-5-4-6-15(19)13-21-23-17-11-10-14(12-18(17)24(27)28)20(26)22-16-7-2-1-3-8-16/h1-13,23,25H,(H,22,26)/b21-13-. The van der Waals surface area contributed by atoms with Crippen molar-refractivity contribution in [3.8, 4) is 5.75 Å². The number of carbonyl (C=O) groups is 1. The van der Waals surface area contributed by atoms with E-state index in [2.05, 4.69) is 15.8 Å². The summed E-state index contributed by atoms with van der Waals surface area (Å²) in [6.45, 7) is 0. The van der Waals surface area contributed by atoms with E-state index in [1.807, 2.05) is 6.07 Å². The van der Waals surface area contributed by atoms with E-state index in [4.69, 9.17) is 0 Å². The molecule has 0 saturated carbocycles. The maximum Gasteiger partial charge on any atom is 0.294 e. The molecule has 0 aliphatic carbocycles. The van der Waals surface area contributed by atoms with E-state index < -0.39 is 10.8 Å². The molecule has 0 saturated heterocycles. The van der Waals surface area contributed by atoms with Crippen molar-refractivity contribution in [2.45, 2.75) is 0 Å². The number of phenols is 1. The zero-order valence-electron chi connectivity index (χ0n) is 14.6. The predicted octanol–water partition coefficient (Wildman–Crippen LogP) is 4.00. The molecule has 3 rings (SSSR count). The number of para-hydroxylation sites is 2. The second-order valence-corrected chi connectivity index (χ2v) is 5.74. The third-order valence-electron chi connectivity index (χ3n) is 3.81. The fraction of sp³-hybridized carbons (Fsp3) is 0. The normalized spacial score (nSPS) is 10.6. The van der Waals surface area contributed by atoms with Crippen molar-refractivity contribution in [2.24, 2.45) is 5.10 Å². The van der Waals surface area contributed by atoms with Crippen LogP contribution in [-0.2, 0) is 0 Å². The lowest BCUT2D eigenvalue weighted by Gasteiger charge is -2.07. The first-order valence-electron chi connectivity index (χ1n) is 8.26. The minimum Gasteiger partial charge on any atom is -0.507 e. The molecule has 3 N–H and O–H groups in total. The van der Waals surface area contributed by atoms with Crippen LogP contribution in [0.25, 0.3) is 0 Å². The van der Waals surface area contributed by atoms with Gasteiger partial charge in [0, 0.05) is 22.9 Å². The van der Waals surface area contributed by atoms with Gasteiger partial charge in [0.25, 0.3) is 11.6 Å². The van der Waals surface area contributed by atoms with Crippen molar-refractivity contribution in [2.75, 3.05) is 10.7 Å². The van der Waals surface area contributed by atoms with Gasteiger partial charge in [0.15, 0.2) is 0 Å². The monoisotopic (exact) mass is 376 g/mol. The molecule has 8 heteroatoms. The lowest BCUT2D eigenvalue weighted by Crippen LogP contribution is -2.12. The summed E-state index contributed by atoms with van der Waals surface area (Å²) in [5, 5.41) is 27.7. The largest absolute Gasteiger partial charge is 0.507 e. The lowest BCUT2D eigenvalue weighted by molar-refractivity contribution is -0.384. The van der Waals surface area contributed by atoms with Crippen molar-refractivity contribution in [3.05, 3.63) is 94.0 Å². The van der Waals surface area contributed by atoms with Gasteiger partial charge in [0.2, 0.25) is 0 Å². The summed E-state index contributed by atoms with van der Waals surface area (Å²) in [5.41, 5.74) is 3.58. The van der Waals surface area contributed by atoms with Crippen molar-refractivity contribution in [1.29, 1.82) is 0 Å². The van der Waals surface area contributed by atoms with Gasteiger partial charge in [0.1, 0.15) is 11.4 Å². The highest BCUT2D eigenvalue weighted by Gasteiger charge is 2.17. The number of phenolic OH excluding ortho intramolecular Hbond substituents is 1. The first-order chi connectivity index (χ1) is 13.5. The molecule has 0 heterocycles. The second-order valence-electron chi connectivity index (χ2n) is 5.74. The highest BCUT2D eigenvalue weighted by atomic mass is 16.6. The zero-order chi connectivity index (χ0) is 19.9. The highest BCUT2D eigenvalue weighted by Crippen LogP contribution is 2.26. The first kappa shape index (κ1) is 18.6. The molecule has 28 heavy (non-hydrogen) atoms. The van der Waals surface area contributed by atoms with Gasteiger partial charge in [-0.2, -0.15) is 5.10 Å². The summed E-state index contributed by atoms with van der Waals surface area (Å²) in [7, 11) is 0. The number of hydrogen-bond donors (Lipinski definition) is 3. The molecule has 140 valence electrons. The van der Waals surface area contributed by atoms with E-state index in [1.165, 1.54) is 30.5 Å². The molecule has 0 spiro atoms. The van der Waals surface area contributed by atoms with Crippen LogP contribution in [0.4, 0.5) is 17.1 Å². The number of nitrogens with zero attached hydrogens (tertiary/aromatic N) is 2. The van der Waals surface area contributed by atoms with E-state index in [-0.39, 0.29) is 22.7 Å². The summed E-state index contributed by atoms with van der Waals surface area (Å²) < 4.78 is 0. The Labute approximate surface area is 160 Å². The number of rotatable bonds is 6. The van der Waals surface area contributed by atoms with Crippen molar-refractivity contribution in [3.63, 3.8) is 0 Å². The number of anilines is 2. The highest BCUT2D eigenvalue weighted by molar-refractivity contribution is 6.05. The molecule has 0 unspecified atom stereocenters. The van der Waals surface area contributed by atoms with Gasteiger partial charge in [-0.25, -0.2) is 0 Å². The molecule has 0 radical (unpaired) electrons. The molecule has 0 atom stereocenters. The number of benzene rings is 3. The average molecular weight is 376 g/mol. The van der Waals surface area contributed by atoms with Gasteiger partial charge in [-0.15, -0.1) is 0 Å². The smallest absolute Gasteiger partial charge is 0.294 e. The first-order valence-corrected chi connectivity index (χ1v) is 8.26. The van der Waals surface area contributed by atoms with Crippen LogP contribution in [-0.4, -0.2) is 22.2 Å². The Morgan fingerprint density at radius 2 is 1.75 bits per heavy atom. The number of nitro benzene ring substituents is 1. The zero-order valence-corrected chi connectivity index (χ0v) is 14.6. The minimum atomic E-state index is -0.600. The Kier molecular flexibility index (Phi) is 5.61. The molecular formula is C20H16N4O4. The van der Waals surface area contributed by atoms with Crippen molar-refractivity contribution in [1.82, 2.24) is 0 Å². The summed E-state index contributed by atoms with van der Waals surface area (Å²) in [6, 6.07) is 19.4. The van der Waals surface area contributed by atoms with Gasteiger partial charge in [-0.1, -0.05) is 30.3 Å². The van der Waals surface area contributed by atoms with E-state index in [1.54, 1.807) is 42.5 Å². The molecule has 3 aromatic rings. The molecule has 0 aliphatic rings. The molecule has 1 amide bonds. The summed E-state index contributed by atoms with van der Waals surface area (Å²) >= 11 is 0. The van der Waals surface area contributed by atoms with Gasteiger partial charge < -0.3 is 10.4 Å². The second kappa shape index (κ2) is 8.45. The molecule has 0 fully saturated rings. The molecule has 8 nitrogen and oxygen atoms in total. The average Bonchev–Trinajstić information content (AvgIpc) is 2.70. The Balaban J connectivity index is 1.78. The van der Waals surface area contributed by atoms with Crippen LogP contribution in [0.3, 0.4) is 0 Å². The maximum atomic E-state index is 12.3. The Bertz CT molecular complexity index is 1040. The topological polar surface area (TPSA) is 117 Å². The third kappa shape index (κ3) is 4.50. The van der Waals surface area contributed by atoms with E-state index in [9.17, 15) is 20.0 Å². The summed E-state index contributed by atoms with van der Waals surface area (Å²) in [6.07, 6.45) is 1.34. The van der Waals surface area contributed by atoms with Gasteiger partial charge in [-0.05, 0) is 36.4 Å². The molecule has 0 bridgehead atoms. The van der Waals surface area contributed by atoms with Crippen LogP contribution in [0.1, 0.15) is 15.9 Å². The fourth-order valence-electron chi connectivity index (χ4n) is 2.41. The number of carbonyl (C=O) groups excluding carboxylic acids is 1. The number of nitrogens with one attached hydrogen (secondary N) is 2. The number of aromatic hydroxyl groups is 1. The van der Waals surface area contributed by atoms with Crippen LogP contribution < -0.4 is 10.7 Å². The van der Waals surface area contributed by atoms with E-state index in [0.717, 1.165) is 0 Å². The SMILES string of the molecule is O=C(Nc1ccccc1)c1ccc(N/N=C\c2ccccc2O)c([N+](=O)[O-])c1. The lowest BCUT2D eigenvalue weighted by atomic mass is 10.1. The summed E-state index contributed by atoms with van der Waals surface area (Å²) in [5.74, 6) is -0.422. The number of hydrogen-bond acceptors (Lipinski definition) is 6. The number of hydrazone groups is 1. The number of amides is 1. The molecular weight excluding hydrogens is 360 g/mol. The number of nitro groups is 1. The molecule has 0 aromatic heterocycles. The third-order valence-corrected chi connectivity index (χ3v) is 3.81. The van der Waals surface area contributed by atoms with Crippen LogP contribution in [0.15, 0.2) is 77.9 Å². The van der Waals surface area contributed by atoms with E-state index in [0.29, 0.717) is 11.3 Å².